The lowest BCUT2D eigenvalue weighted by atomic mass is 9.68. The predicted octanol–water partition coefficient (Wildman–Crippen LogP) is 1.87. The molecule has 0 unspecified atom stereocenters. The summed E-state index contributed by atoms with van der Waals surface area (Å²) in [5, 5.41) is 12.0. The Balaban J connectivity index is 1.85. The molecule has 0 radical (unpaired) electrons. The lowest BCUT2D eigenvalue weighted by Crippen LogP contribution is -2.56. The standard InChI is InChI=1S/C18H25N3O3/c1-20(2)18(14-6-4-3-5-7-14)10-8-17(9-11-18)13-19-16(24)21(17)12-15(22)23/h3-7H,8-13H2,1-2H3,(H,19,24)(H,22,23). The number of hydrogen-bond acceptors (Lipinski definition) is 3. The van der Waals surface area contributed by atoms with E-state index in [0.29, 0.717) is 6.54 Å². The van der Waals surface area contributed by atoms with Gasteiger partial charge in [0.15, 0.2) is 0 Å². The molecular weight excluding hydrogens is 306 g/mol. The number of carbonyl (C=O) groups is 2. The SMILES string of the molecule is CN(C)C1(c2ccccc2)CCC2(CC1)CNC(=O)N2CC(=O)O. The second-order valence-electron chi connectivity index (χ2n) is 7.15. The third kappa shape index (κ3) is 2.65. The number of carboxylic acid groups (broad SMARTS) is 1. The second-order valence-corrected chi connectivity index (χ2v) is 7.15. The molecule has 2 amide bonds. The van der Waals surface area contributed by atoms with Gasteiger partial charge in [0.05, 0.1) is 5.54 Å². The van der Waals surface area contributed by atoms with Crippen molar-refractivity contribution in [3.63, 3.8) is 0 Å². The zero-order valence-electron chi connectivity index (χ0n) is 14.3. The molecule has 130 valence electrons. The summed E-state index contributed by atoms with van der Waals surface area (Å²) < 4.78 is 0. The van der Waals surface area contributed by atoms with Crippen LogP contribution in [0.4, 0.5) is 4.79 Å². The molecule has 0 aromatic heterocycles. The lowest BCUT2D eigenvalue weighted by molar-refractivity contribution is -0.139. The molecular formula is C18H25N3O3. The highest BCUT2D eigenvalue weighted by atomic mass is 16.4. The van der Waals surface area contributed by atoms with E-state index in [2.05, 4.69) is 48.6 Å². The normalized spacial score (nSPS) is 30.0. The Bertz CT molecular complexity index is 622. The van der Waals surface area contributed by atoms with Crippen molar-refractivity contribution in [1.29, 1.82) is 0 Å². The largest absolute Gasteiger partial charge is 0.480 e. The maximum atomic E-state index is 12.1. The fourth-order valence-corrected chi connectivity index (χ4v) is 4.34. The lowest BCUT2D eigenvalue weighted by Gasteiger charge is -2.50. The van der Waals surface area contributed by atoms with Crippen molar-refractivity contribution in [3.05, 3.63) is 35.9 Å². The molecule has 1 heterocycles. The van der Waals surface area contributed by atoms with E-state index in [4.69, 9.17) is 5.11 Å². The smallest absolute Gasteiger partial charge is 0.323 e. The highest BCUT2D eigenvalue weighted by Gasteiger charge is 2.52. The molecule has 1 aromatic rings. The summed E-state index contributed by atoms with van der Waals surface area (Å²) in [4.78, 5) is 27.0. The zero-order valence-corrected chi connectivity index (χ0v) is 14.3. The Morgan fingerprint density at radius 3 is 2.38 bits per heavy atom. The van der Waals surface area contributed by atoms with E-state index in [1.165, 1.54) is 10.5 Å². The number of carbonyl (C=O) groups excluding carboxylic acids is 1. The van der Waals surface area contributed by atoms with Crippen molar-refractivity contribution in [3.8, 4) is 0 Å². The highest BCUT2D eigenvalue weighted by Crippen LogP contribution is 2.47. The zero-order chi connectivity index (χ0) is 17.4. The van der Waals surface area contributed by atoms with Gasteiger partial charge in [0, 0.05) is 12.1 Å². The molecule has 1 saturated heterocycles. The number of amides is 2. The molecule has 1 saturated carbocycles. The van der Waals surface area contributed by atoms with Crippen molar-refractivity contribution >= 4 is 12.0 Å². The van der Waals surface area contributed by atoms with Crippen molar-refractivity contribution < 1.29 is 14.7 Å². The number of benzene rings is 1. The van der Waals surface area contributed by atoms with Crippen LogP contribution in [0.25, 0.3) is 0 Å². The van der Waals surface area contributed by atoms with Gasteiger partial charge in [-0.05, 0) is 45.3 Å². The van der Waals surface area contributed by atoms with Gasteiger partial charge in [-0.15, -0.1) is 0 Å². The summed E-state index contributed by atoms with van der Waals surface area (Å²) in [5.41, 5.74) is 0.850. The summed E-state index contributed by atoms with van der Waals surface area (Å²) in [6, 6.07) is 10.2. The van der Waals surface area contributed by atoms with Crippen LogP contribution < -0.4 is 5.32 Å². The van der Waals surface area contributed by atoms with E-state index in [1.54, 1.807) is 0 Å². The molecule has 3 rings (SSSR count). The number of nitrogens with zero attached hydrogens (tertiary/aromatic N) is 2. The maximum Gasteiger partial charge on any atom is 0.323 e. The monoisotopic (exact) mass is 331 g/mol. The first-order chi connectivity index (χ1) is 11.4. The van der Waals surface area contributed by atoms with Crippen LogP contribution in [-0.4, -0.2) is 59.6 Å². The van der Waals surface area contributed by atoms with Crippen LogP contribution in [0.5, 0.6) is 0 Å². The van der Waals surface area contributed by atoms with Crippen LogP contribution in [0.2, 0.25) is 0 Å². The quantitative estimate of drug-likeness (QED) is 0.883. The molecule has 1 aliphatic carbocycles. The van der Waals surface area contributed by atoms with Crippen LogP contribution in [0.1, 0.15) is 31.2 Å². The first-order valence-electron chi connectivity index (χ1n) is 8.40. The first kappa shape index (κ1) is 16.8. The van der Waals surface area contributed by atoms with Crippen LogP contribution >= 0.6 is 0 Å². The van der Waals surface area contributed by atoms with E-state index in [1.807, 2.05) is 6.07 Å². The van der Waals surface area contributed by atoms with Crippen LogP contribution in [0.3, 0.4) is 0 Å². The Kier molecular flexibility index (Phi) is 4.25. The van der Waals surface area contributed by atoms with Crippen molar-refractivity contribution in [2.75, 3.05) is 27.2 Å². The van der Waals surface area contributed by atoms with Crippen molar-refractivity contribution in [1.82, 2.24) is 15.1 Å². The van der Waals surface area contributed by atoms with Gasteiger partial charge in [-0.1, -0.05) is 30.3 Å². The summed E-state index contributed by atoms with van der Waals surface area (Å²) in [6.45, 7) is 0.309. The van der Waals surface area contributed by atoms with Gasteiger partial charge in [-0.2, -0.15) is 0 Å². The van der Waals surface area contributed by atoms with Gasteiger partial charge in [0.25, 0.3) is 0 Å². The number of hydrogen-bond donors (Lipinski definition) is 2. The topological polar surface area (TPSA) is 72.9 Å². The summed E-state index contributed by atoms with van der Waals surface area (Å²) in [6.07, 6.45) is 3.39. The van der Waals surface area contributed by atoms with E-state index in [9.17, 15) is 9.59 Å². The average molecular weight is 331 g/mol. The van der Waals surface area contributed by atoms with E-state index in [0.717, 1.165) is 25.7 Å². The van der Waals surface area contributed by atoms with Crippen molar-refractivity contribution in [2.45, 2.75) is 36.8 Å². The second kappa shape index (κ2) is 6.09. The highest BCUT2D eigenvalue weighted by molar-refractivity contribution is 5.83. The Morgan fingerprint density at radius 1 is 1.21 bits per heavy atom. The Hall–Kier alpha value is -2.08. The molecule has 1 aromatic carbocycles. The minimum absolute atomic E-state index is 0.0625. The minimum Gasteiger partial charge on any atom is -0.480 e. The molecule has 2 N–H and O–H groups in total. The predicted molar refractivity (Wildman–Crippen MR) is 90.7 cm³/mol. The molecule has 1 spiro atoms. The molecule has 6 nitrogen and oxygen atoms in total. The minimum atomic E-state index is -0.959. The number of aliphatic carboxylic acids is 1. The van der Waals surface area contributed by atoms with Gasteiger partial charge in [0.2, 0.25) is 0 Å². The molecule has 1 aliphatic heterocycles. The molecule has 2 aliphatic rings. The molecule has 0 atom stereocenters. The van der Waals surface area contributed by atoms with Crippen molar-refractivity contribution in [2.24, 2.45) is 0 Å². The average Bonchev–Trinajstić information content (AvgIpc) is 2.86. The van der Waals surface area contributed by atoms with E-state index in [-0.39, 0.29) is 23.7 Å². The van der Waals surface area contributed by atoms with Gasteiger partial charge in [-0.3, -0.25) is 9.69 Å². The Morgan fingerprint density at radius 2 is 1.83 bits per heavy atom. The van der Waals surface area contributed by atoms with Gasteiger partial charge in [0.1, 0.15) is 6.54 Å². The van der Waals surface area contributed by atoms with Crippen LogP contribution in [0.15, 0.2) is 30.3 Å². The number of urea groups is 1. The first-order valence-corrected chi connectivity index (χ1v) is 8.40. The number of carboxylic acids is 1. The van der Waals surface area contributed by atoms with Crippen LogP contribution in [0, 0.1) is 0 Å². The van der Waals surface area contributed by atoms with Crippen LogP contribution in [-0.2, 0) is 10.3 Å². The molecule has 6 heteroatoms. The fraction of sp³-hybridized carbons (Fsp3) is 0.556. The fourth-order valence-electron chi connectivity index (χ4n) is 4.34. The summed E-state index contributed by atoms with van der Waals surface area (Å²) in [7, 11) is 4.19. The summed E-state index contributed by atoms with van der Waals surface area (Å²) in [5.74, 6) is -0.959. The van der Waals surface area contributed by atoms with Gasteiger partial charge >= 0.3 is 12.0 Å². The van der Waals surface area contributed by atoms with E-state index >= 15 is 0 Å². The Labute approximate surface area is 142 Å². The van der Waals surface area contributed by atoms with Gasteiger partial charge in [-0.25, -0.2) is 4.79 Å². The van der Waals surface area contributed by atoms with Gasteiger partial charge < -0.3 is 15.3 Å². The maximum absolute atomic E-state index is 12.1. The number of nitrogens with one attached hydrogen (secondary N) is 1. The molecule has 2 fully saturated rings. The molecule has 0 bridgehead atoms. The third-order valence-electron chi connectivity index (χ3n) is 5.85. The van der Waals surface area contributed by atoms with E-state index < -0.39 is 5.97 Å². The number of rotatable bonds is 4. The summed E-state index contributed by atoms with van der Waals surface area (Å²) >= 11 is 0. The third-order valence-corrected chi connectivity index (χ3v) is 5.85. The molecule has 24 heavy (non-hydrogen) atoms.